The van der Waals surface area contributed by atoms with Crippen LogP contribution in [0.15, 0.2) is 79.1 Å². The molecule has 31 heavy (non-hydrogen) atoms. The summed E-state index contributed by atoms with van der Waals surface area (Å²) in [7, 11) is 3.17. The van der Waals surface area contributed by atoms with Gasteiger partial charge in [-0.1, -0.05) is 24.3 Å². The molecule has 7 heteroatoms. The summed E-state index contributed by atoms with van der Waals surface area (Å²) in [6, 6.07) is 20.6. The molecule has 4 rings (SSSR count). The van der Waals surface area contributed by atoms with E-state index >= 15 is 0 Å². The van der Waals surface area contributed by atoms with E-state index in [4.69, 9.17) is 14.6 Å². The fraction of sp³-hybridized carbons (Fsp3) is 0.125. The number of nitrogens with zero attached hydrogens (tertiary/aromatic N) is 3. The van der Waals surface area contributed by atoms with Gasteiger partial charge in [0, 0.05) is 24.0 Å². The summed E-state index contributed by atoms with van der Waals surface area (Å²) in [5, 5.41) is 7.64. The van der Waals surface area contributed by atoms with Gasteiger partial charge >= 0.3 is 0 Å². The number of ether oxygens (including phenoxy) is 2. The summed E-state index contributed by atoms with van der Waals surface area (Å²) < 4.78 is 12.5. The van der Waals surface area contributed by atoms with Crippen LogP contribution in [0.4, 0.5) is 0 Å². The zero-order valence-corrected chi connectivity index (χ0v) is 17.3. The van der Waals surface area contributed by atoms with Crippen molar-refractivity contribution < 1.29 is 14.3 Å². The third kappa shape index (κ3) is 4.40. The van der Waals surface area contributed by atoms with Crippen molar-refractivity contribution in [3.05, 3.63) is 90.4 Å². The molecule has 156 valence electrons. The van der Waals surface area contributed by atoms with Gasteiger partial charge in [0.2, 0.25) is 0 Å². The standard InChI is InChI=1S/C24H22N4O3/c1-30-19-11-12-20(22(14-19)31-2)23-21(16-28(27-23)18-9-4-3-5-10-18)24(29)26-15-17-8-6-7-13-25-17/h3-14,16H,15H2,1-2H3,(H,26,29). The fourth-order valence-corrected chi connectivity index (χ4v) is 3.21. The van der Waals surface area contributed by atoms with Crippen molar-refractivity contribution in [2.24, 2.45) is 0 Å². The number of rotatable bonds is 7. The molecule has 4 aromatic rings. The molecule has 2 aromatic heterocycles. The first-order valence-electron chi connectivity index (χ1n) is 9.75. The van der Waals surface area contributed by atoms with Crippen molar-refractivity contribution in [3.8, 4) is 28.4 Å². The van der Waals surface area contributed by atoms with Crippen LogP contribution in [0.25, 0.3) is 16.9 Å². The molecule has 0 bridgehead atoms. The number of benzene rings is 2. The number of carbonyl (C=O) groups is 1. The van der Waals surface area contributed by atoms with Crippen LogP contribution in [0.5, 0.6) is 11.5 Å². The molecule has 0 aliphatic heterocycles. The van der Waals surface area contributed by atoms with Gasteiger partial charge in [-0.3, -0.25) is 9.78 Å². The van der Waals surface area contributed by atoms with Crippen molar-refractivity contribution in [1.29, 1.82) is 0 Å². The van der Waals surface area contributed by atoms with Crippen LogP contribution >= 0.6 is 0 Å². The smallest absolute Gasteiger partial charge is 0.255 e. The predicted molar refractivity (Wildman–Crippen MR) is 118 cm³/mol. The lowest BCUT2D eigenvalue weighted by Gasteiger charge is -2.10. The molecule has 0 radical (unpaired) electrons. The van der Waals surface area contributed by atoms with Gasteiger partial charge in [-0.2, -0.15) is 5.10 Å². The second-order valence-corrected chi connectivity index (χ2v) is 6.74. The number of pyridine rings is 1. The lowest BCUT2D eigenvalue weighted by Crippen LogP contribution is -2.23. The Morgan fingerprint density at radius 3 is 2.52 bits per heavy atom. The highest BCUT2D eigenvalue weighted by Crippen LogP contribution is 2.34. The summed E-state index contributed by atoms with van der Waals surface area (Å²) in [6.07, 6.45) is 3.42. The summed E-state index contributed by atoms with van der Waals surface area (Å²) >= 11 is 0. The van der Waals surface area contributed by atoms with Crippen LogP contribution in [0.3, 0.4) is 0 Å². The Balaban J connectivity index is 1.74. The molecule has 1 amide bonds. The minimum absolute atomic E-state index is 0.249. The summed E-state index contributed by atoms with van der Waals surface area (Å²) in [5.41, 5.74) is 3.26. The minimum atomic E-state index is -0.249. The van der Waals surface area contributed by atoms with Crippen LogP contribution in [0.2, 0.25) is 0 Å². The molecule has 0 aliphatic rings. The van der Waals surface area contributed by atoms with Crippen LogP contribution in [0, 0.1) is 0 Å². The van der Waals surface area contributed by atoms with Gasteiger partial charge in [0.05, 0.1) is 37.7 Å². The molecule has 2 heterocycles. The monoisotopic (exact) mass is 414 g/mol. The average molecular weight is 414 g/mol. The molecule has 7 nitrogen and oxygen atoms in total. The maximum atomic E-state index is 13.1. The van der Waals surface area contributed by atoms with E-state index in [0.29, 0.717) is 34.9 Å². The molecule has 0 unspecified atom stereocenters. The number of methoxy groups -OCH3 is 2. The normalized spacial score (nSPS) is 10.5. The first kappa shape index (κ1) is 20.2. The Hall–Kier alpha value is -4.13. The lowest BCUT2D eigenvalue weighted by atomic mass is 10.1. The quantitative estimate of drug-likeness (QED) is 0.497. The van der Waals surface area contributed by atoms with Crippen molar-refractivity contribution in [2.45, 2.75) is 6.54 Å². The highest BCUT2D eigenvalue weighted by molar-refractivity contribution is 6.00. The average Bonchev–Trinajstić information content (AvgIpc) is 3.28. The summed E-state index contributed by atoms with van der Waals surface area (Å²) in [6.45, 7) is 0.315. The van der Waals surface area contributed by atoms with E-state index in [2.05, 4.69) is 10.3 Å². The van der Waals surface area contributed by atoms with Gasteiger partial charge in [0.25, 0.3) is 5.91 Å². The molecular formula is C24H22N4O3. The summed E-state index contributed by atoms with van der Waals surface area (Å²) in [5.74, 6) is 0.974. The first-order chi connectivity index (χ1) is 15.2. The predicted octanol–water partition coefficient (Wildman–Crippen LogP) is 3.88. The maximum Gasteiger partial charge on any atom is 0.255 e. The van der Waals surface area contributed by atoms with E-state index in [9.17, 15) is 4.79 Å². The van der Waals surface area contributed by atoms with E-state index in [1.807, 2.05) is 60.7 Å². The largest absolute Gasteiger partial charge is 0.497 e. The third-order valence-corrected chi connectivity index (χ3v) is 4.80. The minimum Gasteiger partial charge on any atom is -0.497 e. The van der Waals surface area contributed by atoms with Gasteiger partial charge < -0.3 is 14.8 Å². The highest BCUT2D eigenvalue weighted by atomic mass is 16.5. The number of nitrogens with one attached hydrogen (secondary N) is 1. The summed E-state index contributed by atoms with van der Waals surface area (Å²) in [4.78, 5) is 17.4. The Morgan fingerprint density at radius 1 is 1.00 bits per heavy atom. The topological polar surface area (TPSA) is 78.3 Å². The number of hydrogen-bond acceptors (Lipinski definition) is 5. The van der Waals surface area contributed by atoms with E-state index in [-0.39, 0.29) is 5.91 Å². The van der Waals surface area contributed by atoms with Crippen molar-refractivity contribution >= 4 is 5.91 Å². The second-order valence-electron chi connectivity index (χ2n) is 6.74. The van der Waals surface area contributed by atoms with E-state index in [1.165, 1.54) is 0 Å². The zero-order valence-electron chi connectivity index (χ0n) is 17.3. The Morgan fingerprint density at radius 2 is 1.81 bits per heavy atom. The Bertz CT molecular complexity index is 1170. The Kier molecular flexibility index (Phi) is 5.93. The maximum absolute atomic E-state index is 13.1. The SMILES string of the molecule is COc1ccc(-c2nn(-c3ccccc3)cc2C(=O)NCc2ccccn2)c(OC)c1. The van der Waals surface area contributed by atoms with Crippen molar-refractivity contribution in [2.75, 3.05) is 14.2 Å². The van der Waals surface area contributed by atoms with Crippen LogP contribution in [0.1, 0.15) is 16.1 Å². The number of aromatic nitrogens is 3. The van der Waals surface area contributed by atoms with E-state index < -0.39 is 0 Å². The van der Waals surface area contributed by atoms with E-state index in [1.54, 1.807) is 37.4 Å². The van der Waals surface area contributed by atoms with Crippen LogP contribution in [-0.2, 0) is 6.54 Å². The molecule has 0 spiro atoms. The Labute approximate surface area is 180 Å². The number of hydrogen-bond donors (Lipinski definition) is 1. The lowest BCUT2D eigenvalue weighted by molar-refractivity contribution is 0.0951. The van der Waals surface area contributed by atoms with E-state index in [0.717, 1.165) is 11.4 Å². The third-order valence-electron chi connectivity index (χ3n) is 4.80. The first-order valence-corrected chi connectivity index (χ1v) is 9.75. The number of para-hydroxylation sites is 1. The van der Waals surface area contributed by atoms with Crippen molar-refractivity contribution in [3.63, 3.8) is 0 Å². The molecule has 0 fully saturated rings. The van der Waals surface area contributed by atoms with Gasteiger partial charge in [-0.05, 0) is 36.4 Å². The molecule has 0 atom stereocenters. The fourth-order valence-electron chi connectivity index (χ4n) is 3.21. The van der Waals surface area contributed by atoms with Crippen molar-refractivity contribution in [1.82, 2.24) is 20.1 Å². The molecule has 1 N–H and O–H groups in total. The number of carbonyl (C=O) groups excluding carboxylic acids is 1. The molecular weight excluding hydrogens is 392 g/mol. The molecule has 0 saturated carbocycles. The molecule has 0 saturated heterocycles. The molecule has 2 aromatic carbocycles. The zero-order chi connectivity index (χ0) is 21.6. The van der Waals surface area contributed by atoms with Gasteiger partial charge in [0.1, 0.15) is 17.2 Å². The van der Waals surface area contributed by atoms with Gasteiger partial charge in [0.15, 0.2) is 0 Å². The second kappa shape index (κ2) is 9.13. The van der Waals surface area contributed by atoms with Crippen LogP contribution < -0.4 is 14.8 Å². The molecule has 0 aliphatic carbocycles. The van der Waals surface area contributed by atoms with Crippen LogP contribution in [-0.4, -0.2) is 34.9 Å². The highest BCUT2D eigenvalue weighted by Gasteiger charge is 2.21. The van der Waals surface area contributed by atoms with Gasteiger partial charge in [-0.15, -0.1) is 0 Å². The van der Waals surface area contributed by atoms with Gasteiger partial charge in [-0.25, -0.2) is 4.68 Å². The number of amides is 1.